The summed E-state index contributed by atoms with van der Waals surface area (Å²) in [4.78, 5) is 11.9. The van der Waals surface area contributed by atoms with Crippen molar-refractivity contribution >= 4 is 5.97 Å². The molecule has 146 valence electrons. The molecule has 0 spiro atoms. The molecule has 9 nitrogen and oxygen atoms in total. The zero-order valence-corrected chi connectivity index (χ0v) is 14.3. The van der Waals surface area contributed by atoms with Crippen LogP contribution in [0.2, 0.25) is 0 Å². The molecule has 0 aliphatic carbocycles. The van der Waals surface area contributed by atoms with Crippen molar-refractivity contribution in [2.75, 3.05) is 13.2 Å². The van der Waals surface area contributed by atoms with Crippen LogP contribution in [0.15, 0.2) is 18.2 Å². The van der Waals surface area contributed by atoms with Crippen molar-refractivity contribution in [3.05, 3.63) is 23.8 Å². The number of ether oxygens (including phenoxy) is 3. The van der Waals surface area contributed by atoms with E-state index in [1.54, 1.807) is 0 Å². The van der Waals surface area contributed by atoms with E-state index in [2.05, 4.69) is 0 Å². The lowest BCUT2D eigenvalue weighted by Gasteiger charge is -2.39. The number of carbonyl (C=O) groups excluding carboxylic acids is 1. The summed E-state index contributed by atoms with van der Waals surface area (Å²) in [5.74, 6) is -0.999. The highest BCUT2D eigenvalue weighted by Crippen LogP contribution is 2.28. The van der Waals surface area contributed by atoms with Crippen molar-refractivity contribution in [3.63, 3.8) is 0 Å². The second kappa shape index (κ2) is 9.15. The molecule has 0 saturated carbocycles. The van der Waals surface area contributed by atoms with Crippen LogP contribution < -0.4 is 4.74 Å². The summed E-state index contributed by atoms with van der Waals surface area (Å²) >= 11 is 0. The van der Waals surface area contributed by atoms with E-state index < -0.39 is 43.3 Å². The fourth-order valence-electron chi connectivity index (χ4n) is 2.44. The minimum Gasteiger partial charge on any atom is -0.507 e. The van der Waals surface area contributed by atoms with Crippen LogP contribution in [0.3, 0.4) is 0 Å². The quantitative estimate of drug-likeness (QED) is 0.316. The Morgan fingerprint density at radius 1 is 1.19 bits per heavy atom. The van der Waals surface area contributed by atoms with E-state index >= 15 is 0 Å². The third-order valence-electron chi connectivity index (χ3n) is 4.02. The van der Waals surface area contributed by atoms with E-state index in [1.807, 2.05) is 6.92 Å². The van der Waals surface area contributed by atoms with Gasteiger partial charge < -0.3 is 39.7 Å². The first-order chi connectivity index (χ1) is 12.4. The molecule has 26 heavy (non-hydrogen) atoms. The first-order valence-electron chi connectivity index (χ1n) is 8.36. The Hall–Kier alpha value is -1.91. The molecular weight excluding hydrogens is 348 g/mol. The highest BCUT2D eigenvalue weighted by atomic mass is 16.7. The van der Waals surface area contributed by atoms with Crippen LogP contribution in [0.25, 0.3) is 0 Å². The molecular formula is C17H24O9. The molecule has 9 heteroatoms. The summed E-state index contributed by atoms with van der Waals surface area (Å²) in [6, 6.07) is 3.79. The van der Waals surface area contributed by atoms with Crippen molar-refractivity contribution in [2.45, 2.75) is 50.5 Å². The Labute approximate surface area is 150 Å². The third-order valence-corrected chi connectivity index (χ3v) is 4.02. The Bertz CT molecular complexity index is 604. The molecule has 5 N–H and O–H groups in total. The predicted octanol–water partition coefficient (Wildman–Crippen LogP) is -0.472. The largest absolute Gasteiger partial charge is 0.507 e. The van der Waals surface area contributed by atoms with Crippen LogP contribution in [-0.4, -0.2) is 75.4 Å². The van der Waals surface area contributed by atoms with Crippen LogP contribution in [0.4, 0.5) is 0 Å². The van der Waals surface area contributed by atoms with Gasteiger partial charge >= 0.3 is 5.97 Å². The molecule has 1 saturated heterocycles. The van der Waals surface area contributed by atoms with Gasteiger partial charge in [0.05, 0.1) is 13.2 Å². The van der Waals surface area contributed by atoms with Crippen molar-refractivity contribution in [1.29, 1.82) is 0 Å². The fraction of sp³-hybridized carbons (Fsp3) is 0.588. The van der Waals surface area contributed by atoms with Gasteiger partial charge in [-0.2, -0.15) is 0 Å². The topological polar surface area (TPSA) is 146 Å². The highest BCUT2D eigenvalue weighted by Gasteiger charge is 2.44. The monoisotopic (exact) mass is 372 g/mol. The zero-order chi connectivity index (χ0) is 19.3. The zero-order valence-electron chi connectivity index (χ0n) is 14.3. The lowest BCUT2D eigenvalue weighted by molar-refractivity contribution is -0.277. The number of aliphatic hydroxyl groups is 4. The maximum Gasteiger partial charge on any atom is 0.341 e. The smallest absolute Gasteiger partial charge is 0.341 e. The van der Waals surface area contributed by atoms with E-state index in [0.717, 1.165) is 12.5 Å². The number of rotatable bonds is 7. The van der Waals surface area contributed by atoms with Crippen molar-refractivity contribution in [2.24, 2.45) is 0 Å². The molecule has 0 aromatic heterocycles. The van der Waals surface area contributed by atoms with Crippen LogP contribution >= 0.6 is 0 Å². The molecule has 5 atom stereocenters. The van der Waals surface area contributed by atoms with Crippen molar-refractivity contribution in [1.82, 2.24) is 0 Å². The standard InChI is InChI=1S/C17H24O9/c1-2-3-6-24-16(23)10-5-4-9(7-11(10)19)25-17-15(22)14(21)13(20)12(8-18)26-17/h4-5,7,12-15,17-22H,2-3,6,8H2,1H3/t12-,13-,14+,15-,17-/m1/s1. The Kier molecular flexibility index (Phi) is 7.18. The molecule has 1 aromatic rings. The van der Waals surface area contributed by atoms with Gasteiger partial charge in [-0.3, -0.25) is 0 Å². The van der Waals surface area contributed by atoms with Crippen molar-refractivity contribution in [3.8, 4) is 11.5 Å². The number of aromatic hydroxyl groups is 1. The predicted molar refractivity (Wildman–Crippen MR) is 87.7 cm³/mol. The van der Waals surface area contributed by atoms with Gasteiger partial charge in [0, 0.05) is 6.07 Å². The van der Waals surface area contributed by atoms with Crippen LogP contribution in [0.5, 0.6) is 11.5 Å². The molecule has 1 aromatic carbocycles. The van der Waals surface area contributed by atoms with E-state index in [-0.39, 0.29) is 23.7 Å². The number of unbranched alkanes of at least 4 members (excludes halogenated alkanes) is 1. The van der Waals surface area contributed by atoms with E-state index in [4.69, 9.17) is 19.3 Å². The van der Waals surface area contributed by atoms with Gasteiger partial charge in [-0.25, -0.2) is 4.79 Å². The molecule has 0 unspecified atom stereocenters. The minimum absolute atomic E-state index is 0.0396. The number of hydrogen-bond donors (Lipinski definition) is 5. The number of phenolic OH excluding ortho intramolecular Hbond substituents is 1. The van der Waals surface area contributed by atoms with Crippen molar-refractivity contribution < 1.29 is 44.5 Å². The van der Waals surface area contributed by atoms with Gasteiger partial charge in [-0.15, -0.1) is 0 Å². The number of benzene rings is 1. The lowest BCUT2D eigenvalue weighted by atomic mass is 9.99. The van der Waals surface area contributed by atoms with E-state index in [9.17, 15) is 25.2 Å². The molecule has 0 amide bonds. The number of esters is 1. The summed E-state index contributed by atoms with van der Waals surface area (Å²) in [5, 5.41) is 48.6. The molecule has 1 aliphatic rings. The summed E-state index contributed by atoms with van der Waals surface area (Å²) in [6.07, 6.45) is -5.56. The van der Waals surface area contributed by atoms with Gasteiger partial charge in [0.1, 0.15) is 41.5 Å². The average Bonchev–Trinajstić information content (AvgIpc) is 2.62. The van der Waals surface area contributed by atoms with Crippen LogP contribution in [0, 0.1) is 0 Å². The maximum absolute atomic E-state index is 11.9. The molecule has 0 bridgehead atoms. The summed E-state index contributed by atoms with van der Waals surface area (Å²) in [5.41, 5.74) is -0.0396. The summed E-state index contributed by atoms with van der Waals surface area (Å²) in [6.45, 7) is 1.62. The first-order valence-corrected chi connectivity index (χ1v) is 8.36. The number of aliphatic hydroxyl groups excluding tert-OH is 4. The summed E-state index contributed by atoms with van der Waals surface area (Å²) in [7, 11) is 0. The van der Waals surface area contributed by atoms with Gasteiger partial charge in [-0.1, -0.05) is 13.3 Å². The SMILES string of the molecule is CCCCOC(=O)c1ccc(O[C@@H]2O[C@H](CO)[C@@H](O)[C@H](O)[C@H]2O)cc1O. The Morgan fingerprint density at radius 2 is 1.92 bits per heavy atom. The minimum atomic E-state index is -1.58. The second-order valence-electron chi connectivity index (χ2n) is 5.98. The second-order valence-corrected chi connectivity index (χ2v) is 5.98. The Morgan fingerprint density at radius 3 is 2.54 bits per heavy atom. The molecule has 1 heterocycles. The molecule has 2 rings (SSSR count). The van der Waals surface area contributed by atoms with Gasteiger partial charge in [-0.05, 0) is 18.6 Å². The Balaban J connectivity index is 2.05. The van der Waals surface area contributed by atoms with E-state index in [0.29, 0.717) is 6.42 Å². The normalized spacial score (nSPS) is 28.6. The number of carbonyl (C=O) groups is 1. The van der Waals surface area contributed by atoms with E-state index in [1.165, 1.54) is 12.1 Å². The maximum atomic E-state index is 11.9. The number of hydrogen-bond acceptors (Lipinski definition) is 9. The molecule has 0 radical (unpaired) electrons. The molecule has 1 fully saturated rings. The summed E-state index contributed by atoms with van der Waals surface area (Å²) < 4.78 is 15.6. The van der Waals surface area contributed by atoms with Crippen LogP contribution in [0.1, 0.15) is 30.1 Å². The van der Waals surface area contributed by atoms with Gasteiger partial charge in [0.25, 0.3) is 0 Å². The van der Waals surface area contributed by atoms with Crippen LogP contribution in [-0.2, 0) is 9.47 Å². The first kappa shape index (κ1) is 20.4. The fourth-order valence-corrected chi connectivity index (χ4v) is 2.44. The average molecular weight is 372 g/mol. The highest BCUT2D eigenvalue weighted by molar-refractivity contribution is 5.92. The molecule has 1 aliphatic heterocycles. The lowest BCUT2D eigenvalue weighted by Crippen LogP contribution is -2.60. The number of phenols is 1. The van der Waals surface area contributed by atoms with Gasteiger partial charge in [0.2, 0.25) is 6.29 Å². The third kappa shape index (κ3) is 4.63. The van der Waals surface area contributed by atoms with Gasteiger partial charge in [0.15, 0.2) is 0 Å².